The number of nitrogen functional groups attached to an aromatic ring is 1. The van der Waals surface area contributed by atoms with Gasteiger partial charge in [0, 0.05) is 7.11 Å². The van der Waals surface area contributed by atoms with Crippen molar-refractivity contribution < 1.29 is 18.6 Å². The second kappa shape index (κ2) is 8.36. The number of rotatable bonds is 0. The molecule has 4 N–H and O–H groups in total. The number of nitrogens with one attached hydrogen (secondary N) is 1. The zero-order chi connectivity index (χ0) is 13.3. The second-order valence-corrected chi connectivity index (χ2v) is 2.62. The summed E-state index contributed by atoms with van der Waals surface area (Å²) in [4.78, 5) is 15.3. The third-order valence-corrected chi connectivity index (χ3v) is 1.46. The summed E-state index contributed by atoms with van der Waals surface area (Å²) in [7, 11) is 1.00. The van der Waals surface area contributed by atoms with Crippen LogP contribution in [0.15, 0.2) is 22.9 Å². The molecule has 1 aliphatic heterocycles. The van der Waals surface area contributed by atoms with Crippen molar-refractivity contribution in [1.82, 2.24) is 9.97 Å². The topological polar surface area (TPSA) is 101 Å². The zero-order valence-electron chi connectivity index (χ0n) is 9.11. The van der Waals surface area contributed by atoms with Crippen LogP contribution in [0.4, 0.5) is 14.6 Å². The quantitative estimate of drug-likeness (QED) is 0.599. The van der Waals surface area contributed by atoms with E-state index < -0.39 is 11.5 Å². The number of H-pyrrole nitrogens is 1. The van der Waals surface area contributed by atoms with Crippen molar-refractivity contribution in [3.05, 3.63) is 34.4 Å². The van der Waals surface area contributed by atoms with E-state index in [0.717, 1.165) is 13.3 Å². The summed E-state index contributed by atoms with van der Waals surface area (Å²) in [5.41, 5.74) is 4.31. The van der Waals surface area contributed by atoms with Crippen LogP contribution in [0.25, 0.3) is 0 Å². The van der Waals surface area contributed by atoms with Gasteiger partial charge < -0.3 is 15.6 Å². The highest BCUT2D eigenvalue weighted by Crippen LogP contribution is 2.02. The smallest absolute Gasteiger partial charge is 0.346 e. The lowest BCUT2D eigenvalue weighted by Gasteiger charge is -1.89. The molecule has 0 saturated carbocycles. The van der Waals surface area contributed by atoms with Crippen molar-refractivity contribution in [1.29, 1.82) is 0 Å². The lowest BCUT2D eigenvalue weighted by atomic mass is 10.6. The summed E-state index contributed by atoms with van der Waals surface area (Å²) in [6, 6.07) is 0. The van der Waals surface area contributed by atoms with E-state index in [2.05, 4.69) is 9.72 Å². The number of nitrogens with two attached hydrogens (primary N) is 1. The van der Waals surface area contributed by atoms with Crippen molar-refractivity contribution in [2.24, 2.45) is 0 Å². The second-order valence-electron chi connectivity index (χ2n) is 2.62. The molecule has 0 bridgehead atoms. The van der Waals surface area contributed by atoms with E-state index in [1.165, 1.54) is 6.08 Å². The predicted molar refractivity (Wildman–Crippen MR) is 57.4 cm³/mol. The molecular formula is C9H13F2N3O3. The number of ether oxygens (including phenoxy) is 1. The van der Waals surface area contributed by atoms with Gasteiger partial charge in [-0.3, -0.25) is 4.98 Å². The van der Waals surface area contributed by atoms with Crippen molar-refractivity contribution in [2.45, 2.75) is 0 Å². The normalized spacial score (nSPS) is 12.8. The van der Waals surface area contributed by atoms with Crippen LogP contribution in [0.1, 0.15) is 0 Å². The van der Waals surface area contributed by atoms with Gasteiger partial charge in [-0.15, -0.1) is 0 Å². The molecule has 0 aliphatic carbocycles. The Bertz CT molecular complexity index is 420. The van der Waals surface area contributed by atoms with E-state index in [-0.39, 0.29) is 18.3 Å². The third kappa shape index (κ3) is 6.38. The number of aliphatic hydroxyl groups excluding tert-OH is 1. The standard InChI is InChI=1S/C4H4FN3O.C4H5FO.CH4O/c5-2-1-7-4(9)8-3(2)6;5-4-1-2-6-3-4;1-2/h1H,(H3,6,7,8,9);1H,2-3H2;2H,1H3. The fraction of sp³-hybridized carbons (Fsp3) is 0.333. The summed E-state index contributed by atoms with van der Waals surface area (Å²) >= 11 is 0. The molecule has 0 aromatic carbocycles. The number of anilines is 1. The van der Waals surface area contributed by atoms with Gasteiger partial charge in [0.25, 0.3) is 0 Å². The van der Waals surface area contributed by atoms with Crippen molar-refractivity contribution >= 4 is 5.82 Å². The molecule has 6 nitrogen and oxygen atoms in total. The number of aromatic amines is 1. The molecule has 2 heterocycles. The van der Waals surface area contributed by atoms with Gasteiger partial charge in [0.1, 0.15) is 11.6 Å². The van der Waals surface area contributed by atoms with Gasteiger partial charge in [-0.2, -0.15) is 4.98 Å². The SMILES string of the molecule is CO.FC1=CCOC1.Nc1[nH]c(=O)ncc1F. The molecule has 1 aliphatic rings. The number of nitrogens with zero attached hydrogens (tertiary/aromatic N) is 1. The number of halogens is 2. The molecule has 1 aromatic heterocycles. The summed E-state index contributed by atoms with van der Waals surface area (Å²) in [5, 5.41) is 7.00. The minimum atomic E-state index is -0.713. The Morgan fingerprint density at radius 2 is 2.18 bits per heavy atom. The van der Waals surface area contributed by atoms with E-state index in [1.54, 1.807) is 0 Å². The average molecular weight is 249 g/mol. The van der Waals surface area contributed by atoms with Gasteiger partial charge in [-0.1, -0.05) is 0 Å². The summed E-state index contributed by atoms with van der Waals surface area (Å²) < 4.78 is 28.4. The van der Waals surface area contributed by atoms with Crippen molar-refractivity contribution in [3.63, 3.8) is 0 Å². The maximum atomic E-state index is 12.1. The Labute approximate surface area is 95.8 Å². The first-order valence-corrected chi connectivity index (χ1v) is 4.47. The van der Waals surface area contributed by atoms with Crippen LogP contribution < -0.4 is 11.4 Å². The Hall–Kier alpha value is -1.80. The minimum Gasteiger partial charge on any atom is -0.400 e. The fourth-order valence-electron chi connectivity index (χ4n) is 0.757. The van der Waals surface area contributed by atoms with Crippen LogP contribution >= 0.6 is 0 Å². The molecule has 0 spiro atoms. The Morgan fingerprint density at radius 3 is 2.47 bits per heavy atom. The van der Waals surface area contributed by atoms with Gasteiger partial charge in [-0.25, -0.2) is 13.6 Å². The van der Waals surface area contributed by atoms with E-state index in [0.29, 0.717) is 6.61 Å². The lowest BCUT2D eigenvalue weighted by Crippen LogP contribution is -2.12. The molecule has 0 atom stereocenters. The van der Waals surface area contributed by atoms with Gasteiger partial charge >= 0.3 is 5.69 Å². The summed E-state index contributed by atoms with van der Waals surface area (Å²) in [5.74, 6) is -1.14. The largest absolute Gasteiger partial charge is 0.400 e. The molecule has 0 amide bonds. The Morgan fingerprint density at radius 1 is 1.53 bits per heavy atom. The monoisotopic (exact) mass is 249 g/mol. The Balaban J connectivity index is 0.000000278. The average Bonchev–Trinajstić information content (AvgIpc) is 2.79. The summed E-state index contributed by atoms with van der Waals surface area (Å²) in [6.45, 7) is 0.631. The molecule has 8 heteroatoms. The maximum absolute atomic E-state index is 12.1. The van der Waals surface area contributed by atoms with Crippen molar-refractivity contribution in [2.75, 3.05) is 26.1 Å². The van der Waals surface area contributed by atoms with Crippen LogP contribution in [-0.2, 0) is 4.74 Å². The minimum absolute atomic E-state index is 0.144. The molecule has 17 heavy (non-hydrogen) atoms. The number of aliphatic hydroxyl groups is 1. The fourth-order valence-corrected chi connectivity index (χ4v) is 0.757. The van der Waals surface area contributed by atoms with Gasteiger partial charge in [0.05, 0.1) is 19.4 Å². The zero-order valence-corrected chi connectivity index (χ0v) is 9.11. The number of aromatic nitrogens is 2. The molecule has 0 fully saturated rings. The highest BCUT2D eigenvalue weighted by molar-refractivity contribution is 5.25. The number of hydrogen-bond acceptors (Lipinski definition) is 5. The first-order chi connectivity index (χ1) is 8.09. The molecule has 0 unspecified atom stereocenters. The first kappa shape index (κ1) is 15.2. The van der Waals surface area contributed by atoms with E-state index >= 15 is 0 Å². The highest BCUT2D eigenvalue weighted by atomic mass is 19.1. The molecule has 0 saturated heterocycles. The van der Waals surface area contributed by atoms with Gasteiger partial charge in [0.15, 0.2) is 5.82 Å². The highest BCUT2D eigenvalue weighted by Gasteiger charge is 1.99. The molecule has 1 aromatic rings. The molecule has 96 valence electrons. The van der Waals surface area contributed by atoms with Crippen LogP contribution in [-0.4, -0.2) is 35.4 Å². The first-order valence-electron chi connectivity index (χ1n) is 4.47. The van der Waals surface area contributed by atoms with Crippen LogP contribution in [0.2, 0.25) is 0 Å². The van der Waals surface area contributed by atoms with Gasteiger partial charge in [0.2, 0.25) is 0 Å². The maximum Gasteiger partial charge on any atom is 0.346 e. The molecular weight excluding hydrogens is 236 g/mol. The van der Waals surface area contributed by atoms with Crippen molar-refractivity contribution in [3.8, 4) is 0 Å². The lowest BCUT2D eigenvalue weighted by molar-refractivity contribution is 0.197. The molecule has 0 radical (unpaired) electrons. The number of hydrogen-bond donors (Lipinski definition) is 3. The van der Waals surface area contributed by atoms with Crippen LogP contribution in [0, 0.1) is 5.82 Å². The van der Waals surface area contributed by atoms with Crippen LogP contribution in [0.5, 0.6) is 0 Å². The van der Waals surface area contributed by atoms with E-state index in [4.69, 9.17) is 10.8 Å². The molecule has 2 rings (SSSR count). The van der Waals surface area contributed by atoms with E-state index in [1.807, 2.05) is 4.98 Å². The van der Waals surface area contributed by atoms with E-state index in [9.17, 15) is 13.6 Å². The van der Waals surface area contributed by atoms with Gasteiger partial charge in [-0.05, 0) is 6.08 Å². The third-order valence-electron chi connectivity index (χ3n) is 1.46. The Kier molecular flexibility index (Phi) is 7.48. The van der Waals surface area contributed by atoms with Crippen LogP contribution in [0.3, 0.4) is 0 Å². The summed E-state index contributed by atoms with van der Waals surface area (Å²) in [6.07, 6.45) is 2.20. The predicted octanol–water partition coefficient (Wildman–Crippen LogP) is -0.0303.